The molecule has 0 amide bonds. The highest BCUT2D eigenvalue weighted by atomic mass is 32.2. The average Bonchev–Trinajstić information content (AvgIpc) is 2.29. The summed E-state index contributed by atoms with van der Waals surface area (Å²) in [5.41, 5.74) is 6.76. The topological polar surface area (TPSA) is 44.5 Å². The highest BCUT2D eigenvalue weighted by Crippen LogP contribution is 2.38. The molecule has 0 aliphatic carbocycles. The van der Waals surface area contributed by atoms with E-state index in [9.17, 15) is 0 Å². The van der Waals surface area contributed by atoms with Crippen molar-refractivity contribution >= 4 is 11.8 Å². The van der Waals surface area contributed by atoms with Crippen molar-refractivity contribution in [3.63, 3.8) is 0 Å². The fraction of sp³-hybridized carbons (Fsp3) is 0.500. The van der Waals surface area contributed by atoms with E-state index < -0.39 is 0 Å². The van der Waals surface area contributed by atoms with Crippen LogP contribution in [0.15, 0.2) is 17.0 Å². The molecule has 0 unspecified atom stereocenters. The summed E-state index contributed by atoms with van der Waals surface area (Å²) in [6.07, 6.45) is 0.859. The van der Waals surface area contributed by atoms with E-state index in [1.165, 1.54) is 5.56 Å². The third kappa shape index (κ3) is 3.06. The standard InChI is InChI=1S/C12H19NO2S/c1-4-16-11-8-9(5-6-13)7-10(14-2)12(11)15-3/h7-8H,4-6,13H2,1-3H3. The van der Waals surface area contributed by atoms with Crippen LogP contribution in [-0.4, -0.2) is 26.5 Å². The van der Waals surface area contributed by atoms with Gasteiger partial charge in [0.05, 0.1) is 19.1 Å². The quantitative estimate of drug-likeness (QED) is 0.776. The molecule has 4 heteroatoms. The number of methoxy groups -OCH3 is 2. The molecule has 1 aromatic rings. The summed E-state index contributed by atoms with van der Waals surface area (Å²) >= 11 is 1.75. The Bertz CT molecular complexity index is 342. The van der Waals surface area contributed by atoms with Crippen LogP contribution in [0.2, 0.25) is 0 Å². The van der Waals surface area contributed by atoms with Gasteiger partial charge in [-0.2, -0.15) is 0 Å². The summed E-state index contributed by atoms with van der Waals surface area (Å²) in [6.45, 7) is 2.76. The van der Waals surface area contributed by atoms with Gasteiger partial charge >= 0.3 is 0 Å². The molecule has 0 fully saturated rings. The Kier molecular flexibility index (Phi) is 5.49. The molecule has 0 spiro atoms. The van der Waals surface area contributed by atoms with Crippen LogP contribution in [-0.2, 0) is 6.42 Å². The van der Waals surface area contributed by atoms with Crippen molar-refractivity contribution in [2.45, 2.75) is 18.2 Å². The van der Waals surface area contributed by atoms with Crippen molar-refractivity contribution in [1.82, 2.24) is 0 Å². The minimum absolute atomic E-state index is 0.645. The van der Waals surface area contributed by atoms with Crippen molar-refractivity contribution in [3.8, 4) is 11.5 Å². The molecular formula is C12H19NO2S. The molecular weight excluding hydrogens is 222 g/mol. The van der Waals surface area contributed by atoms with Gasteiger partial charge in [0, 0.05) is 0 Å². The monoisotopic (exact) mass is 241 g/mol. The Morgan fingerprint density at radius 3 is 2.50 bits per heavy atom. The molecule has 2 N–H and O–H groups in total. The van der Waals surface area contributed by atoms with Crippen LogP contribution in [0.3, 0.4) is 0 Å². The summed E-state index contributed by atoms with van der Waals surface area (Å²) in [6, 6.07) is 4.12. The van der Waals surface area contributed by atoms with Gasteiger partial charge in [-0.25, -0.2) is 0 Å². The SMILES string of the molecule is CCSc1cc(CCN)cc(OC)c1OC. The van der Waals surface area contributed by atoms with Crippen LogP contribution in [0.1, 0.15) is 12.5 Å². The van der Waals surface area contributed by atoms with Crippen LogP contribution in [0.25, 0.3) is 0 Å². The van der Waals surface area contributed by atoms with Crippen molar-refractivity contribution in [3.05, 3.63) is 17.7 Å². The van der Waals surface area contributed by atoms with Gasteiger partial charge in [-0.05, 0) is 36.4 Å². The van der Waals surface area contributed by atoms with Gasteiger partial charge in [-0.15, -0.1) is 11.8 Å². The highest BCUT2D eigenvalue weighted by Gasteiger charge is 2.11. The van der Waals surface area contributed by atoms with Gasteiger partial charge < -0.3 is 15.2 Å². The molecule has 1 aromatic carbocycles. The van der Waals surface area contributed by atoms with E-state index in [2.05, 4.69) is 13.0 Å². The zero-order valence-electron chi connectivity index (χ0n) is 10.1. The molecule has 3 nitrogen and oxygen atoms in total. The number of rotatable bonds is 6. The first-order valence-electron chi connectivity index (χ1n) is 5.34. The largest absolute Gasteiger partial charge is 0.493 e. The van der Waals surface area contributed by atoms with E-state index in [0.29, 0.717) is 6.54 Å². The lowest BCUT2D eigenvalue weighted by molar-refractivity contribution is 0.347. The number of benzene rings is 1. The molecule has 0 saturated heterocycles. The molecule has 0 bridgehead atoms. The van der Waals surface area contributed by atoms with E-state index >= 15 is 0 Å². The van der Waals surface area contributed by atoms with E-state index in [1.54, 1.807) is 26.0 Å². The van der Waals surface area contributed by atoms with Crippen molar-refractivity contribution in [2.75, 3.05) is 26.5 Å². The van der Waals surface area contributed by atoms with Gasteiger partial charge in [-0.3, -0.25) is 0 Å². The lowest BCUT2D eigenvalue weighted by atomic mass is 10.1. The molecule has 1 rings (SSSR count). The maximum Gasteiger partial charge on any atom is 0.174 e. The number of ether oxygens (including phenoxy) is 2. The van der Waals surface area contributed by atoms with Crippen molar-refractivity contribution in [1.29, 1.82) is 0 Å². The predicted molar refractivity (Wildman–Crippen MR) is 68.7 cm³/mol. The molecule has 0 heterocycles. The van der Waals surface area contributed by atoms with Gasteiger partial charge in [0.1, 0.15) is 0 Å². The predicted octanol–water partition coefficient (Wildman–Crippen LogP) is 2.32. The Hall–Kier alpha value is -0.870. The van der Waals surface area contributed by atoms with Gasteiger partial charge in [0.2, 0.25) is 0 Å². The Balaban J connectivity index is 3.14. The fourth-order valence-corrected chi connectivity index (χ4v) is 2.42. The van der Waals surface area contributed by atoms with E-state index in [0.717, 1.165) is 28.6 Å². The molecule has 0 radical (unpaired) electrons. The van der Waals surface area contributed by atoms with Crippen molar-refractivity contribution in [2.24, 2.45) is 5.73 Å². The lowest BCUT2D eigenvalue weighted by Gasteiger charge is -2.14. The Labute approximate surface area is 101 Å². The van der Waals surface area contributed by atoms with Gasteiger partial charge in [-0.1, -0.05) is 6.92 Å². The Morgan fingerprint density at radius 2 is 2.00 bits per heavy atom. The second-order valence-corrected chi connectivity index (χ2v) is 4.61. The molecule has 0 atom stereocenters. The maximum absolute atomic E-state index is 5.57. The minimum atomic E-state index is 0.645. The number of nitrogens with two attached hydrogens (primary N) is 1. The van der Waals surface area contributed by atoms with Crippen molar-refractivity contribution < 1.29 is 9.47 Å². The summed E-state index contributed by atoms with van der Waals surface area (Å²) < 4.78 is 10.7. The molecule has 90 valence electrons. The lowest BCUT2D eigenvalue weighted by Crippen LogP contribution is -2.04. The summed E-state index contributed by atoms with van der Waals surface area (Å²) in [5, 5.41) is 0. The first-order valence-corrected chi connectivity index (χ1v) is 6.33. The zero-order valence-corrected chi connectivity index (χ0v) is 10.9. The average molecular weight is 241 g/mol. The first-order chi connectivity index (χ1) is 7.76. The minimum Gasteiger partial charge on any atom is -0.493 e. The second kappa shape index (κ2) is 6.66. The molecule has 0 aromatic heterocycles. The molecule has 0 aliphatic heterocycles. The van der Waals surface area contributed by atoms with Crippen LogP contribution in [0.4, 0.5) is 0 Å². The summed E-state index contributed by atoms with van der Waals surface area (Å²) in [4.78, 5) is 1.12. The van der Waals surface area contributed by atoms with Crippen LogP contribution >= 0.6 is 11.8 Å². The van der Waals surface area contributed by atoms with E-state index in [4.69, 9.17) is 15.2 Å². The smallest absolute Gasteiger partial charge is 0.174 e. The fourth-order valence-electron chi connectivity index (χ4n) is 1.56. The number of hydrogen-bond donors (Lipinski definition) is 1. The Morgan fingerprint density at radius 1 is 1.25 bits per heavy atom. The number of thioether (sulfide) groups is 1. The maximum atomic E-state index is 5.57. The normalized spacial score (nSPS) is 10.2. The van der Waals surface area contributed by atoms with E-state index in [-0.39, 0.29) is 0 Å². The third-order valence-corrected chi connectivity index (χ3v) is 3.14. The molecule has 0 aliphatic rings. The third-order valence-electron chi connectivity index (χ3n) is 2.24. The zero-order chi connectivity index (χ0) is 12.0. The van der Waals surface area contributed by atoms with Gasteiger partial charge in [0.25, 0.3) is 0 Å². The second-order valence-electron chi connectivity index (χ2n) is 3.30. The molecule has 16 heavy (non-hydrogen) atoms. The van der Waals surface area contributed by atoms with Crippen LogP contribution in [0, 0.1) is 0 Å². The summed E-state index contributed by atoms with van der Waals surface area (Å²) in [5.74, 6) is 2.60. The highest BCUT2D eigenvalue weighted by molar-refractivity contribution is 7.99. The van der Waals surface area contributed by atoms with Crippen LogP contribution in [0.5, 0.6) is 11.5 Å². The van der Waals surface area contributed by atoms with E-state index in [1.807, 2.05) is 6.07 Å². The van der Waals surface area contributed by atoms with Crippen LogP contribution < -0.4 is 15.2 Å². The number of hydrogen-bond acceptors (Lipinski definition) is 4. The molecule has 0 saturated carbocycles. The first kappa shape index (κ1) is 13.2. The summed E-state index contributed by atoms with van der Waals surface area (Å²) in [7, 11) is 3.32. The van der Waals surface area contributed by atoms with Gasteiger partial charge in [0.15, 0.2) is 11.5 Å².